The van der Waals surface area contributed by atoms with E-state index in [0.717, 1.165) is 26.2 Å². The largest absolute Gasteiger partial charge is 0.380 e. The molecule has 1 atom stereocenters. The van der Waals surface area contributed by atoms with Gasteiger partial charge < -0.3 is 10.1 Å². The van der Waals surface area contributed by atoms with Gasteiger partial charge in [0.1, 0.15) is 0 Å². The van der Waals surface area contributed by atoms with Gasteiger partial charge in [-0.1, -0.05) is 27.7 Å². The van der Waals surface area contributed by atoms with Crippen LogP contribution in [0.2, 0.25) is 0 Å². The summed E-state index contributed by atoms with van der Waals surface area (Å²) in [5, 5.41) is 3.38. The predicted octanol–water partition coefficient (Wildman–Crippen LogP) is 2.05. The molecular formula is C10H23NO. The van der Waals surface area contributed by atoms with Crippen molar-refractivity contribution >= 4 is 0 Å². The minimum atomic E-state index is 0.536. The molecule has 0 spiro atoms. The molecule has 74 valence electrons. The molecule has 12 heavy (non-hydrogen) atoms. The summed E-state index contributed by atoms with van der Waals surface area (Å²) in [6, 6.07) is 0.536. The predicted molar refractivity (Wildman–Crippen MR) is 53.4 cm³/mol. The van der Waals surface area contributed by atoms with Crippen molar-refractivity contribution in [2.24, 2.45) is 5.92 Å². The van der Waals surface area contributed by atoms with E-state index in [1.807, 2.05) is 0 Å². The molecule has 0 aromatic rings. The Balaban J connectivity index is 3.31. The molecule has 0 saturated heterocycles. The zero-order valence-electron chi connectivity index (χ0n) is 8.89. The third kappa shape index (κ3) is 6.62. The fraction of sp³-hybridized carbons (Fsp3) is 1.00. The summed E-state index contributed by atoms with van der Waals surface area (Å²) in [5.41, 5.74) is 0. The Kier molecular flexibility index (Phi) is 7.51. The van der Waals surface area contributed by atoms with Gasteiger partial charge in [-0.2, -0.15) is 0 Å². The summed E-state index contributed by atoms with van der Waals surface area (Å²) in [6.45, 7) is 11.4. The summed E-state index contributed by atoms with van der Waals surface area (Å²) in [6.07, 6.45) is 1.14. The molecule has 0 saturated carbocycles. The number of hydrogen-bond donors (Lipinski definition) is 1. The molecule has 2 heteroatoms. The lowest BCUT2D eigenvalue weighted by atomic mass is 10.2. The Morgan fingerprint density at radius 2 is 1.83 bits per heavy atom. The molecule has 2 nitrogen and oxygen atoms in total. The second kappa shape index (κ2) is 7.56. The van der Waals surface area contributed by atoms with Crippen LogP contribution in [0, 0.1) is 5.92 Å². The summed E-state index contributed by atoms with van der Waals surface area (Å²) < 4.78 is 5.54. The van der Waals surface area contributed by atoms with Gasteiger partial charge in [0, 0.05) is 12.6 Å². The lowest BCUT2D eigenvalue weighted by Gasteiger charge is -2.16. The van der Waals surface area contributed by atoms with Crippen LogP contribution >= 0.6 is 0 Å². The second-order valence-electron chi connectivity index (χ2n) is 3.59. The normalized spacial score (nSPS) is 13.8. The topological polar surface area (TPSA) is 21.3 Å². The van der Waals surface area contributed by atoms with Crippen LogP contribution in [0.1, 0.15) is 34.1 Å². The number of hydrogen-bond acceptors (Lipinski definition) is 2. The monoisotopic (exact) mass is 173 g/mol. The maximum absolute atomic E-state index is 5.54. The minimum absolute atomic E-state index is 0.536. The molecule has 0 radical (unpaired) electrons. The number of ether oxygens (including phenoxy) is 1. The summed E-state index contributed by atoms with van der Waals surface area (Å²) >= 11 is 0. The van der Waals surface area contributed by atoms with Crippen molar-refractivity contribution in [2.45, 2.75) is 40.2 Å². The van der Waals surface area contributed by atoms with E-state index in [2.05, 4.69) is 33.0 Å². The van der Waals surface area contributed by atoms with Crippen LogP contribution in [-0.4, -0.2) is 25.8 Å². The van der Waals surface area contributed by atoms with Gasteiger partial charge in [-0.15, -0.1) is 0 Å². The molecule has 0 rings (SSSR count). The summed E-state index contributed by atoms with van der Waals surface area (Å²) in [7, 11) is 0. The van der Waals surface area contributed by atoms with Gasteiger partial charge >= 0.3 is 0 Å². The van der Waals surface area contributed by atoms with E-state index in [1.165, 1.54) is 0 Å². The van der Waals surface area contributed by atoms with Crippen molar-refractivity contribution in [1.82, 2.24) is 5.32 Å². The van der Waals surface area contributed by atoms with Crippen molar-refractivity contribution in [3.63, 3.8) is 0 Å². The van der Waals surface area contributed by atoms with Gasteiger partial charge in [-0.3, -0.25) is 0 Å². The fourth-order valence-corrected chi connectivity index (χ4v) is 1.06. The maximum atomic E-state index is 5.54. The van der Waals surface area contributed by atoms with Gasteiger partial charge in [-0.25, -0.2) is 0 Å². The van der Waals surface area contributed by atoms with Crippen LogP contribution in [0.25, 0.3) is 0 Å². The molecule has 0 aliphatic heterocycles. The van der Waals surface area contributed by atoms with E-state index in [4.69, 9.17) is 4.74 Å². The van der Waals surface area contributed by atoms with Gasteiger partial charge in [0.15, 0.2) is 0 Å². The van der Waals surface area contributed by atoms with Crippen molar-refractivity contribution < 1.29 is 4.74 Å². The molecule has 0 aliphatic rings. The molecule has 0 heterocycles. The van der Waals surface area contributed by atoms with E-state index in [9.17, 15) is 0 Å². The molecule has 0 amide bonds. The Hall–Kier alpha value is -0.0800. The van der Waals surface area contributed by atoms with Gasteiger partial charge in [0.2, 0.25) is 0 Å². The Labute approximate surface area is 76.7 Å². The molecule has 0 aliphatic carbocycles. The first kappa shape index (κ1) is 11.9. The first-order chi connectivity index (χ1) is 5.70. The molecule has 0 aromatic carbocycles. The third-order valence-corrected chi connectivity index (χ3v) is 1.76. The average molecular weight is 173 g/mol. The lowest BCUT2D eigenvalue weighted by molar-refractivity contribution is 0.0896. The molecule has 0 fully saturated rings. The Morgan fingerprint density at radius 1 is 1.17 bits per heavy atom. The smallest absolute Gasteiger partial charge is 0.0619 e. The highest BCUT2D eigenvalue weighted by Gasteiger charge is 2.03. The van der Waals surface area contributed by atoms with E-state index in [-0.39, 0.29) is 0 Å². The highest BCUT2D eigenvalue weighted by atomic mass is 16.5. The van der Waals surface area contributed by atoms with E-state index < -0.39 is 0 Å². The van der Waals surface area contributed by atoms with Gasteiger partial charge in [0.25, 0.3) is 0 Å². The minimum Gasteiger partial charge on any atom is -0.380 e. The maximum Gasteiger partial charge on any atom is 0.0619 e. The molecule has 1 N–H and O–H groups in total. The zero-order valence-corrected chi connectivity index (χ0v) is 8.89. The zero-order chi connectivity index (χ0) is 9.40. The summed E-state index contributed by atoms with van der Waals surface area (Å²) in [5.74, 6) is 0.643. The first-order valence-corrected chi connectivity index (χ1v) is 5.01. The van der Waals surface area contributed by atoms with Crippen LogP contribution < -0.4 is 5.32 Å². The number of likely N-dealkylation sites (N-methyl/N-ethyl adjacent to an activating group) is 1. The molecule has 0 aromatic heterocycles. The van der Waals surface area contributed by atoms with Crippen LogP contribution in [-0.2, 0) is 4.74 Å². The van der Waals surface area contributed by atoms with E-state index in [1.54, 1.807) is 0 Å². The number of nitrogens with one attached hydrogen (secondary N) is 1. The first-order valence-electron chi connectivity index (χ1n) is 5.01. The van der Waals surface area contributed by atoms with Gasteiger partial charge in [-0.05, 0) is 18.9 Å². The second-order valence-corrected chi connectivity index (χ2v) is 3.59. The molecular weight excluding hydrogens is 150 g/mol. The lowest BCUT2D eigenvalue weighted by Crippen LogP contribution is -2.33. The molecule has 1 unspecified atom stereocenters. The Bertz CT molecular complexity index is 93.8. The van der Waals surface area contributed by atoms with E-state index in [0.29, 0.717) is 12.0 Å². The van der Waals surface area contributed by atoms with Crippen LogP contribution in [0.15, 0.2) is 0 Å². The van der Waals surface area contributed by atoms with Crippen LogP contribution in [0.4, 0.5) is 0 Å². The standard InChI is InChI=1S/C10H23NO/c1-5-10(11-6-2)8-12-7-9(3)4/h9-11H,5-8H2,1-4H3. The molecule has 0 bridgehead atoms. The van der Waals surface area contributed by atoms with Crippen molar-refractivity contribution in [3.05, 3.63) is 0 Å². The summed E-state index contributed by atoms with van der Waals surface area (Å²) in [4.78, 5) is 0. The van der Waals surface area contributed by atoms with Crippen molar-refractivity contribution in [3.8, 4) is 0 Å². The van der Waals surface area contributed by atoms with Crippen molar-refractivity contribution in [2.75, 3.05) is 19.8 Å². The average Bonchev–Trinajstić information content (AvgIpc) is 2.02. The third-order valence-electron chi connectivity index (χ3n) is 1.76. The highest BCUT2D eigenvalue weighted by Crippen LogP contribution is 1.96. The van der Waals surface area contributed by atoms with Gasteiger partial charge in [0.05, 0.1) is 6.61 Å². The van der Waals surface area contributed by atoms with Crippen LogP contribution in [0.5, 0.6) is 0 Å². The number of rotatable bonds is 7. The fourth-order valence-electron chi connectivity index (χ4n) is 1.06. The highest BCUT2D eigenvalue weighted by molar-refractivity contribution is 4.61. The Morgan fingerprint density at radius 3 is 2.25 bits per heavy atom. The van der Waals surface area contributed by atoms with Crippen LogP contribution in [0.3, 0.4) is 0 Å². The quantitative estimate of drug-likeness (QED) is 0.636. The SMILES string of the molecule is CCNC(CC)COCC(C)C. The van der Waals surface area contributed by atoms with E-state index >= 15 is 0 Å². The van der Waals surface area contributed by atoms with Crippen molar-refractivity contribution in [1.29, 1.82) is 0 Å².